The third-order valence-electron chi connectivity index (χ3n) is 3.01. The van der Waals surface area contributed by atoms with Crippen molar-refractivity contribution in [3.63, 3.8) is 0 Å². The lowest BCUT2D eigenvalue weighted by atomic mass is 10.0. The summed E-state index contributed by atoms with van der Waals surface area (Å²) in [4.78, 5) is 0. The number of fused-ring (bicyclic) bond motifs is 2. The smallest absolute Gasteiger partial charge is 0.264 e. The van der Waals surface area contributed by atoms with Gasteiger partial charge in [0.1, 0.15) is 30.6 Å². The van der Waals surface area contributed by atoms with Crippen LogP contribution >= 0.6 is 0 Å². The molecular formula is C9H17NO10S3. The molecule has 0 aromatic heterocycles. The SMILES string of the molecule is CS(=O)(=O)O[C@@H]1[C@@H](OS(C)(=O)=O)[C@@H]2NC[C@@H](O2)[C@@H]1OS(C)(=O)=O. The van der Waals surface area contributed by atoms with Gasteiger partial charge < -0.3 is 4.74 Å². The third-order valence-corrected chi connectivity index (χ3v) is 4.73. The molecule has 5 atom stereocenters. The van der Waals surface area contributed by atoms with Crippen LogP contribution in [0.2, 0.25) is 0 Å². The van der Waals surface area contributed by atoms with Crippen LogP contribution in [0.5, 0.6) is 0 Å². The fraction of sp³-hybridized carbons (Fsp3) is 1.00. The molecule has 2 rings (SSSR count). The van der Waals surface area contributed by atoms with Gasteiger partial charge in [0, 0.05) is 6.54 Å². The summed E-state index contributed by atoms with van der Waals surface area (Å²) in [7, 11) is -12.0. The fourth-order valence-electron chi connectivity index (χ4n) is 2.41. The first-order chi connectivity index (χ1) is 10.3. The lowest BCUT2D eigenvalue weighted by Gasteiger charge is -2.38. The topological polar surface area (TPSA) is 151 Å². The zero-order chi connectivity index (χ0) is 17.6. The summed E-state index contributed by atoms with van der Waals surface area (Å²) in [6, 6.07) is 0. The monoisotopic (exact) mass is 395 g/mol. The first-order valence-electron chi connectivity index (χ1n) is 6.29. The molecule has 0 spiro atoms. The van der Waals surface area contributed by atoms with Crippen LogP contribution in [0.1, 0.15) is 0 Å². The molecule has 2 saturated heterocycles. The van der Waals surface area contributed by atoms with Crippen LogP contribution in [0.4, 0.5) is 0 Å². The molecule has 0 unspecified atom stereocenters. The Kier molecular flexibility index (Phi) is 5.10. The van der Waals surface area contributed by atoms with E-state index in [0.717, 1.165) is 18.8 Å². The van der Waals surface area contributed by atoms with Gasteiger partial charge in [-0.2, -0.15) is 25.3 Å². The molecule has 1 N–H and O–H groups in total. The standard InChI is InChI=1S/C9H17NO10S3/c1-21(11,12)18-6-5-4-10-9(17-5)8(20-23(3,15)16)7(6)19-22(2,13)14/h5-10H,4H2,1-3H3/t5-,6+,7+,8-,9-/m1/s1. The minimum Gasteiger partial charge on any atom is -0.353 e. The Morgan fingerprint density at radius 2 is 1.22 bits per heavy atom. The average Bonchev–Trinajstić information content (AvgIpc) is 2.71. The molecule has 2 aliphatic rings. The lowest BCUT2D eigenvalue weighted by Crippen LogP contribution is -2.59. The van der Waals surface area contributed by atoms with E-state index in [1.54, 1.807) is 0 Å². The molecule has 23 heavy (non-hydrogen) atoms. The third kappa shape index (κ3) is 5.32. The van der Waals surface area contributed by atoms with E-state index in [2.05, 4.69) is 5.32 Å². The molecular weight excluding hydrogens is 378 g/mol. The van der Waals surface area contributed by atoms with E-state index in [0.29, 0.717) is 0 Å². The Labute approximate surface area is 134 Å². The van der Waals surface area contributed by atoms with E-state index >= 15 is 0 Å². The van der Waals surface area contributed by atoms with Gasteiger partial charge in [-0.05, 0) is 0 Å². The molecule has 11 nitrogen and oxygen atoms in total. The Morgan fingerprint density at radius 1 is 0.783 bits per heavy atom. The summed E-state index contributed by atoms with van der Waals surface area (Å²) in [5, 5.41) is 2.76. The molecule has 2 aliphatic heterocycles. The summed E-state index contributed by atoms with van der Waals surface area (Å²) in [6.07, 6.45) is -3.91. The van der Waals surface area contributed by atoms with Gasteiger partial charge in [0.25, 0.3) is 30.4 Å². The average molecular weight is 395 g/mol. The van der Waals surface area contributed by atoms with Crippen molar-refractivity contribution >= 4 is 30.4 Å². The Bertz CT molecular complexity index is 709. The highest BCUT2D eigenvalue weighted by Crippen LogP contribution is 2.32. The molecule has 2 bridgehead atoms. The molecule has 0 aliphatic carbocycles. The molecule has 2 fully saturated rings. The second-order valence-electron chi connectivity index (χ2n) is 5.30. The van der Waals surface area contributed by atoms with Crippen LogP contribution in [0.15, 0.2) is 0 Å². The van der Waals surface area contributed by atoms with Crippen molar-refractivity contribution in [2.45, 2.75) is 30.6 Å². The minimum absolute atomic E-state index is 0.109. The second-order valence-corrected chi connectivity index (χ2v) is 10.1. The van der Waals surface area contributed by atoms with Crippen LogP contribution in [0.3, 0.4) is 0 Å². The van der Waals surface area contributed by atoms with Crippen molar-refractivity contribution < 1.29 is 42.5 Å². The molecule has 0 aromatic carbocycles. The van der Waals surface area contributed by atoms with Crippen molar-refractivity contribution in [1.29, 1.82) is 0 Å². The summed E-state index contributed by atoms with van der Waals surface area (Å²) in [5.41, 5.74) is 0. The molecule has 0 saturated carbocycles. The van der Waals surface area contributed by atoms with Crippen LogP contribution in [0.25, 0.3) is 0 Å². The highest BCUT2D eigenvalue weighted by molar-refractivity contribution is 7.86. The number of nitrogens with one attached hydrogen (secondary N) is 1. The molecule has 136 valence electrons. The molecule has 0 aromatic rings. The first-order valence-corrected chi connectivity index (χ1v) is 11.7. The lowest BCUT2D eigenvalue weighted by molar-refractivity contribution is -0.168. The molecule has 0 amide bonds. The van der Waals surface area contributed by atoms with E-state index in [1.165, 1.54) is 0 Å². The van der Waals surface area contributed by atoms with Crippen molar-refractivity contribution in [3.8, 4) is 0 Å². The normalized spacial score (nSPS) is 35.3. The van der Waals surface area contributed by atoms with Crippen molar-refractivity contribution in [1.82, 2.24) is 5.32 Å². The Balaban J connectivity index is 2.41. The fourth-order valence-corrected chi connectivity index (χ4v) is 4.29. The highest BCUT2D eigenvalue weighted by atomic mass is 32.2. The predicted octanol–water partition coefficient (Wildman–Crippen LogP) is -2.65. The summed E-state index contributed by atoms with van der Waals surface area (Å²) >= 11 is 0. The van der Waals surface area contributed by atoms with Gasteiger partial charge in [0.15, 0.2) is 0 Å². The molecule has 0 radical (unpaired) electrons. The van der Waals surface area contributed by atoms with Crippen molar-refractivity contribution in [2.75, 3.05) is 25.3 Å². The van der Waals surface area contributed by atoms with Gasteiger partial charge in [-0.25, -0.2) is 0 Å². The van der Waals surface area contributed by atoms with Crippen LogP contribution in [-0.2, 0) is 47.6 Å². The Hall–Kier alpha value is -0.350. The van der Waals surface area contributed by atoms with Gasteiger partial charge in [0.2, 0.25) is 0 Å². The highest BCUT2D eigenvalue weighted by Gasteiger charge is 2.55. The number of rotatable bonds is 6. The van der Waals surface area contributed by atoms with E-state index < -0.39 is 61.0 Å². The van der Waals surface area contributed by atoms with Gasteiger partial charge >= 0.3 is 0 Å². The maximum atomic E-state index is 11.5. The van der Waals surface area contributed by atoms with Crippen LogP contribution in [0, 0.1) is 0 Å². The zero-order valence-corrected chi connectivity index (χ0v) is 14.9. The van der Waals surface area contributed by atoms with Crippen molar-refractivity contribution in [2.24, 2.45) is 0 Å². The van der Waals surface area contributed by atoms with E-state index in [4.69, 9.17) is 17.3 Å². The van der Waals surface area contributed by atoms with E-state index in [1.807, 2.05) is 0 Å². The van der Waals surface area contributed by atoms with Crippen LogP contribution in [-0.4, -0.2) is 81.2 Å². The predicted molar refractivity (Wildman–Crippen MR) is 75.8 cm³/mol. The minimum atomic E-state index is -4.05. The van der Waals surface area contributed by atoms with E-state index in [-0.39, 0.29) is 6.54 Å². The largest absolute Gasteiger partial charge is 0.353 e. The van der Waals surface area contributed by atoms with Crippen LogP contribution < -0.4 is 5.32 Å². The van der Waals surface area contributed by atoms with Crippen molar-refractivity contribution in [3.05, 3.63) is 0 Å². The number of hydrogen-bond acceptors (Lipinski definition) is 11. The first kappa shape index (κ1) is 19.0. The maximum absolute atomic E-state index is 11.5. The van der Waals surface area contributed by atoms with Gasteiger partial charge in [0.05, 0.1) is 18.8 Å². The number of ether oxygens (including phenoxy) is 1. The maximum Gasteiger partial charge on any atom is 0.264 e. The van der Waals surface area contributed by atoms with Gasteiger partial charge in [-0.15, -0.1) is 0 Å². The van der Waals surface area contributed by atoms with E-state index in [9.17, 15) is 25.3 Å². The zero-order valence-electron chi connectivity index (χ0n) is 12.4. The summed E-state index contributed by atoms with van der Waals surface area (Å²) in [5.74, 6) is 0. The summed E-state index contributed by atoms with van der Waals surface area (Å²) < 4.78 is 88.5. The molecule has 2 heterocycles. The second kappa shape index (κ2) is 6.18. The number of hydrogen-bond donors (Lipinski definition) is 1. The quantitative estimate of drug-likeness (QED) is 0.469. The molecule has 14 heteroatoms. The summed E-state index contributed by atoms with van der Waals surface area (Å²) in [6.45, 7) is 0.109. The Morgan fingerprint density at radius 3 is 1.70 bits per heavy atom. The van der Waals surface area contributed by atoms with Gasteiger partial charge in [-0.1, -0.05) is 0 Å². The van der Waals surface area contributed by atoms with Gasteiger partial charge in [-0.3, -0.25) is 17.9 Å².